The summed E-state index contributed by atoms with van der Waals surface area (Å²) in [5.41, 5.74) is 7.19. The van der Waals surface area contributed by atoms with Gasteiger partial charge in [0.1, 0.15) is 5.82 Å². The summed E-state index contributed by atoms with van der Waals surface area (Å²) >= 11 is 0. The molecule has 4 nitrogen and oxygen atoms in total. The number of halogens is 1. The van der Waals surface area contributed by atoms with E-state index >= 15 is 0 Å². The average Bonchev–Trinajstić information content (AvgIpc) is 2.49. The second-order valence-electron chi connectivity index (χ2n) is 9.53. The van der Waals surface area contributed by atoms with E-state index in [-0.39, 0.29) is 34.6 Å². The first-order valence-electron chi connectivity index (χ1n) is 9.49. The molecule has 0 aliphatic carbocycles. The molecule has 1 heterocycles. The third-order valence-corrected chi connectivity index (χ3v) is 5.18. The van der Waals surface area contributed by atoms with Crippen molar-refractivity contribution in [2.45, 2.75) is 59.5 Å². The molecule has 1 aromatic rings. The summed E-state index contributed by atoms with van der Waals surface area (Å²) in [7, 11) is 0. The second-order valence-corrected chi connectivity index (χ2v) is 9.53. The number of nitrogens with two attached hydrogens (primary N) is 1. The van der Waals surface area contributed by atoms with Gasteiger partial charge in [-0.05, 0) is 41.4 Å². The normalized spacial score (nSPS) is 22.0. The number of likely N-dealkylation sites (tertiary alicyclic amines) is 1. The highest BCUT2D eigenvalue weighted by Crippen LogP contribution is 2.30. The molecule has 2 atom stereocenters. The molecule has 146 valence electrons. The molecular formula is C21H34FN3O. The third kappa shape index (κ3) is 6.06. The van der Waals surface area contributed by atoms with Crippen LogP contribution >= 0.6 is 0 Å². The molecule has 1 fully saturated rings. The van der Waals surface area contributed by atoms with Gasteiger partial charge in [-0.3, -0.25) is 9.69 Å². The maximum Gasteiger partial charge on any atom is 0.234 e. The van der Waals surface area contributed by atoms with E-state index in [1.165, 1.54) is 12.1 Å². The zero-order chi connectivity index (χ0) is 19.5. The van der Waals surface area contributed by atoms with Crippen molar-refractivity contribution < 1.29 is 9.18 Å². The Kier molecular flexibility index (Phi) is 6.46. The lowest BCUT2D eigenvalue weighted by Gasteiger charge is -2.42. The van der Waals surface area contributed by atoms with Crippen molar-refractivity contribution >= 4 is 5.91 Å². The number of carbonyl (C=O) groups excluding carboxylic acids is 1. The smallest absolute Gasteiger partial charge is 0.234 e. The largest absolute Gasteiger partial charge is 0.348 e. The SMILES string of the molecule is CC(C)(C)CC(NC(=O)CN1CCC(N)C(C)(C)C1)c1ccc(F)cc1. The molecule has 2 unspecified atom stereocenters. The van der Waals surface area contributed by atoms with Crippen LogP contribution in [-0.4, -0.2) is 36.5 Å². The Labute approximate surface area is 157 Å². The van der Waals surface area contributed by atoms with E-state index in [2.05, 4.69) is 44.8 Å². The maximum atomic E-state index is 13.3. The molecule has 0 radical (unpaired) electrons. The van der Waals surface area contributed by atoms with Gasteiger partial charge >= 0.3 is 0 Å². The van der Waals surface area contributed by atoms with Crippen molar-refractivity contribution in [3.05, 3.63) is 35.6 Å². The first-order valence-corrected chi connectivity index (χ1v) is 9.49. The van der Waals surface area contributed by atoms with Gasteiger partial charge in [0.05, 0.1) is 12.6 Å². The van der Waals surface area contributed by atoms with Crippen LogP contribution in [0.5, 0.6) is 0 Å². The van der Waals surface area contributed by atoms with Crippen molar-refractivity contribution in [2.75, 3.05) is 19.6 Å². The summed E-state index contributed by atoms with van der Waals surface area (Å²) in [4.78, 5) is 14.9. The monoisotopic (exact) mass is 363 g/mol. The van der Waals surface area contributed by atoms with Gasteiger partial charge < -0.3 is 11.1 Å². The Hall–Kier alpha value is -1.46. The number of amides is 1. The van der Waals surface area contributed by atoms with Gasteiger partial charge in [0.2, 0.25) is 5.91 Å². The molecule has 2 rings (SSSR count). The lowest BCUT2D eigenvalue weighted by atomic mass is 9.80. The summed E-state index contributed by atoms with van der Waals surface area (Å²) in [6.07, 6.45) is 1.70. The van der Waals surface area contributed by atoms with E-state index in [0.717, 1.165) is 31.5 Å². The first-order chi connectivity index (χ1) is 12.0. The minimum Gasteiger partial charge on any atom is -0.348 e. The summed E-state index contributed by atoms with van der Waals surface area (Å²) in [5.74, 6) is -0.253. The van der Waals surface area contributed by atoms with Crippen molar-refractivity contribution in [3.63, 3.8) is 0 Å². The lowest BCUT2D eigenvalue weighted by molar-refractivity contribution is -0.124. The molecule has 1 saturated heterocycles. The van der Waals surface area contributed by atoms with Gasteiger partial charge in [-0.2, -0.15) is 0 Å². The van der Waals surface area contributed by atoms with Crippen LogP contribution in [0.25, 0.3) is 0 Å². The molecular weight excluding hydrogens is 329 g/mol. The van der Waals surface area contributed by atoms with Crippen LogP contribution in [-0.2, 0) is 4.79 Å². The molecule has 0 aromatic heterocycles. The van der Waals surface area contributed by atoms with Crippen molar-refractivity contribution in [2.24, 2.45) is 16.6 Å². The van der Waals surface area contributed by atoms with E-state index in [1.807, 2.05) is 0 Å². The van der Waals surface area contributed by atoms with Crippen molar-refractivity contribution in [1.82, 2.24) is 10.2 Å². The van der Waals surface area contributed by atoms with E-state index in [1.54, 1.807) is 12.1 Å². The Bertz CT molecular complexity index is 607. The fourth-order valence-corrected chi connectivity index (χ4v) is 3.62. The Balaban J connectivity index is 2.03. The molecule has 0 bridgehead atoms. The highest BCUT2D eigenvalue weighted by Gasteiger charge is 2.34. The maximum absolute atomic E-state index is 13.3. The summed E-state index contributed by atoms with van der Waals surface area (Å²) < 4.78 is 13.3. The molecule has 1 aromatic carbocycles. The zero-order valence-electron chi connectivity index (χ0n) is 16.8. The molecule has 1 aliphatic rings. The van der Waals surface area contributed by atoms with Crippen LogP contribution in [0, 0.1) is 16.6 Å². The van der Waals surface area contributed by atoms with Gasteiger partial charge in [0.25, 0.3) is 0 Å². The number of piperidine rings is 1. The van der Waals surface area contributed by atoms with Crippen molar-refractivity contribution in [3.8, 4) is 0 Å². The number of nitrogens with zero attached hydrogens (tertiary/aromatic N) is 1. The predicted octanol–water partition coefficient (Wildman–Crippen LogP) is 3.48. The summed E-state index contributed by atoms with van der Waals surface area (Å²) in [5, 5.41) is 3.16. The number of hydrogen-bond acceptors (Lipinski definition) is 3. The van der Waals surface area contributed by atoms with Crippen LogP contribution in [0.4, 0.5) is 4.39 Å². The number of hydrogen-bond donors (Lipinski definition) is 2. The van der Waals surface area contributed by atoms with E-state index in [9.17, 15) is 9.18 Å². The molecule has 3 N–H and O–H groups in total. The molecule has 1 amide bonds. The number of benzene rings is 1. The zero-order valence-corrected chi connectivity index (χ0v) is 16.8. The fraction of sp³-hybridized carbons (Fsp3) is 0.667. The van der Waals surface area contributed by atoms with E-state index in [0.29, 0.717) is 6.54 Å². The minimum absolute atomic E-state index is 0.00912. The number of carbonyl (C=O) groups is 1. The Morgan fingerprint density at radius 2 is 1.96 bits per heavy atom. The molecule has 0 saturated carbocycles. The van der Waals surface area contributed by atoms with Crippen LogP contribution in [0.3, 0.4) is 0 Å². The average molecular weight is 364 g/mol. The molecule has 26 heavy (non-hydrogen) atoms. The third-order valence-electron chi connectivity index (χ3n) is 5.18. The molecule has 0 spiro atoms. The standard InChI is InChI=1S/C21H34FN3O/c1-20(2,3)12-17(15-6-8-16(22)9-7-15)24-19(26)13-25-11-10-18(23)21(4,5)14-25/h6-9,17-18H,10-14,23H2,1-5H3,(H,24,26). The van der Waals surface area contributed by atoms with Crippen LogP contribution in [0.1, 0.15) is 59.1 Å². The van der Waals surface area contributed by atoms with Gasteiger partial charge in [-0.1, -0.05) is 46.8 Å². The number of nitrogens with one attached hydrogen (secondary N) is 1. The van der Waals surface area contributed by atoms with Gasteiger partial charge in [0.15, 0.2) is 0 Å². The Morgan fingerprint density at radius 1 is 1.35 bits per heavy atom. The quantitative estimate of drug-likeness (QED) is 0.842. The highest BCUT2D eigenvalue weighted by atomic mass is 19.1. The molecule has 5 heteroatoms. The summed E-state index contributed by atoms with van der Waals surface area (Å²) in [6, 6.07) is 6.47. The van der Waals surface area contributed by atoms with E-state index < -0.39 is 0 Å². The van der Waals surface area contributed by atoms with Gasteiger partial charge in [0, 0.05) is 19.1 Å². The fourth-order valence-electron chi connectivity index (χ4n) is 3.62. The van der Waals surface area contributed by atoms with Gasteiger partial charge in [-0.25, -0.2) is 4.39 Å². The molecule has 1 aliphatic heterocycles. The summed E-state index contributed by atoms with van der Waals surface area (Å²) in [6.45, 7) is 12.8. The lowest BCUT2D eigenvalue weighted by Crippen LogP contribution is -2.54. The predicted molar refractivity (Wildman–Crippen MR) is 104 cm³/mol. The van der Waals surface area contributed by atoms with E-state index in [4.69, 9.17) is 5.73 Å². The highest BCUT2D eigenvalue weighted by molar-refractivity contribution is 5.78. The first kappa shape index (κ1) is 20.8. The minimum atomic E-state index is -0.263. The van der Waals surface area contributed by atoms with Crippen LogP contribution in [0.15, 0.2) is 24.3 Å². The van der Waals surface area contributed by atoms with Crippen molar-refractivity contribution in [1.29, 1.82) is 0 Å². The topological polar surface area (TPSA) is 58.4 Å². The van der Waals surface area contributed by atoms with Crippen LogP contribution < -0.4 is 11.1 Å². The van der Waals surface area contributed by atoms with Gasteiger partial charge in [-0.15, -0.1) is 0 Å². The number of rotatable bonds is 5. The van der Waals surface area contributed by atoms with Crippen LogP contribution in [0.2, 0.25) is 0 Å². The second kappa shape index (κ2) is 8.05. The Morgan fingerprint density at radius 3 is 2.50 bits per heavy atom.